The Kier molecular flexibility index (Phi) is 26.7. The molecule has 0 bridgehead atoms. The van der Waals surface area contributed by atoms with Gasteiger partial charge in [-0.3, -0.25) is 14.4 Å². The molecule has 15 rings (SSSR count). The van der Waals surface area contributed by atoms with Crippen LogP contribution >= 0.6 is 58.8 Å². The minimum Gasteiger partial charge on any atom is -1.00 e. The fraction of sp³-hybridized carbons (Fsp3) is 0.871. The van der Waals surface area contributed by atoms with E-state index in [1.54, 1.807) is 0 Å². The minimum absolute atomic E-state index is 0. The number of fused-ring (bicyclic) bond motifs is 15. The van der Waals surface area contributed by atoms with E-state index in [1.807, 2.05) is 14.1 Å². The van der Waals surface area contributed by atoms with Gasteiger partial charge in [-0.2, -0.15) is 0 Å². The number of nitrogens with one attached hydrogen (secondary N) is 1. The van der Waals surface area contributed by atoms with Crippen LogP contribution in [-0.2, 0) is 47.9 Å². The summed E-state index contributed by atoms with van der Waals surface area (Å²) in [5.41, 5.74) is 4.49. The van der Waals surface area contributed by atoms with Crippen LogP contribution in [0.25, 0.3) is 0 Å². The zero-order valence-electron chi connectivity index (χ0n) is 52.6. The molecule has 0 amide bonds. The number of carbonyl (C=O) groups excluding carboxylic acids is 4. The van der Waals surface area contributed by atoms with Gasteiger partial charge in [-0.15, -0.1) is 12.4 Å². The zero-order chi connectivity index (χ0) is 59.5. The number of esters is 3. The number of carboxylic acid groups (broad SMARTS) is 2. The van der Waals surface area contributed by atoms with Crippen molar-refractivity contribution >= 4 is 95.1 Å². The van der Waals surface area contributed by atoms with Gasteiger partial charge in [0.2, 0.25) is 9.67 Å². The molecule has 12 saturated carbocycles. The molecule has 3 heterocycles. The second-order valence-corrected chi connectivity index (χ2v) is 30.8. The summed E-state index contributed by atoms with van der Waals surface area (Å²) in [7, 11) is 12.1. The quantitative estimate of drug-likeness (QED) is 0.0475. The van der Waals surface area contributed by atoms with E-state index in [-0.39, 0.29) is 171 Å². The first kappa shape index (κ1) is 75.2. The van der Waals surface area contributed by atoms with Gasteiger partial charge in [0.05, 0.1) is 11.8 Å². The Hall–Kier alpha value is 1.12. The number of halogens is 5. The average Bonchev–Trinajstić information content (AvgIpc) is 1.55. The van der Waals surface area contributed by atoms with Crippen LogP contribution in [0.2, 0.25) is 0 Å². The topological polar surface area (TPSA) is 221 Å². The van der Waals surface area contributed by atoms with Gasteiger partial charge in [-0.25, -0.2) is 14.4 Å². The predicted molar refractivity (Wildman–Crippen MR) is 316 cm³/mol. The number of nitrogens with zero attached hydrogens (tertiary/aromatic N) is 2. The molecule has 472 valence electrons. The molecule has 14 atom stereocenters. The smallest absolute Gasteiger partial charge is 1.00 e. The third-order valence-corrected chi connectivity index (χ3v) is 24.6. The van der Waals surface area contributed by atoms with E-state index in [0.717, 1.165) is 42.8 Å². The summed E-state index contributed by atoms with van der Waals surface area (Å²) in [6, 6.07) is 0. The largest absolute Gasteiger partial charge is 1.00 e. The van der Waals surface area contributed by atoms with Crippen molar-refractivity contribution < 1.29 is 168 Å². The zero-order valence-corrected chi connectivity index (χ0v) is 61.7. The average molecular weight is 1340 g/mol. The van der Waals surface area contributed by atoms with E-state index in [4.69, 9.17) is 80.9 Å². The summed E-state index contributed by atoms with van der Waals surface area (Å²) in [6.07, 6.45) is 33.9. The molecule has 12 aliphatic carbocycles. The number of aliphatic carboxylic acids is 2. The Balaban J connectivity index is 0.000000201. The van der Waals surface area contributed by atoms with Crippen LogP contribution < -0.4 is 113 Å². The number of alkyl halides is 4. The Morgan fingerprint density at radius 1 is 0.588 bits per heavy atom. The summed E-state index contributed by atoms with van der Waals surface area (Å²) in [4.78, 5) is 68.9. The molecule has 16 nitrogen and oxygen atoms in total. The van der Waals surface area contributed by atoms with Gasteiger partial charge < -0.3 is 51.1 Å². The first-order valence-electron chi connectivity index (χ1n) is 30.8. The summed E-state index contributed by atoms with van der Waals surface area (Å²) in [5, 5.41) is 26.6. The number of carboxylic acids is 2. The van der Waals surface area contributed by atoms with Crippen molar-refractivity contribution in [1.29, 1.82) is 0 Å². The molecule has 3 saturated heterocycles. The van der Waals surface area contributed by atoms with Crippen molar-refractivity contribution in [2.45, 2.75) is 182 Å². The molecule has 6 spiro atoms. The number of ether oxygens (including phenoxy) is 3. The maximum absolute atomic E-state index is 12.5. The van der Waals surface area contributed by atoms with Gasteiger partial charge in [0.15, 0.2) is 0 Å². The van der Waals surface area contributed by atoms with Crippen LogP contribution in [0.4, 0.5) is 0 Å². The van der Waals surface area contributed by atoms with Crippen LogP contribution in [0, 0.1) is 97.6 Å². The third kappa shape index (κ3) is 15.9. The van der Waals surface area contributed by atoms with Gasteiger partial charge in [0.1, 0.15) is 18.3 Å². The number of carbonyl (C=O) groups is 6. The molecule has 23 heteroatoms. The fourth-order valence-electron chi connectivity index (χ4n) is 19.3. The Morgan fingerprint density at radius 3 is 1.12 bits per heavy atom. The Labute approximate surface area is 617 Å². The minimum atomic E-state index is -1.29. The van der Waals surface area contributed by atoms with Crippen molar-refractivity contribution in [2.24, 2.45) is 97.6 Å². The molecular weight excluding hydrogens is 1250 g/mol. The molecule has 0 aromatic rings. The van der Waals surface area contributed by atoms with E-state index in [2.05, 4.69) is 54.8 Å². The van der Waals surface area contributed by atoms with Gasteiger partial charge in [-0.1, -0.05) is 53.0 Å². The summed E-state index contributed by atoms with van der Waals surface area (Å²) >= 11 is 19.1. The predicted octanol–water partition coefficient (Wildman–Crippen LogP) is 4.20. The molecule has 15 fully saturated rings. The monoisotopic (exact) mass is 1340 g/mol. The maximum atomic E-state index is 12.5. The van der Waals surface area contributed by atoms with Gasteiger partial charge in [0, 0.05) is 54.2 Å². The van der Waals surface area contributed by atoms with E-state index in [1.165, 1.54) is 148 Å². The fourth-order valence-corrected chi connectivity index (χ4v) is 19.3. The van der Waals surface area contributed by atoms with Gasteiger partial charge in [0.25, 0.3) is 6.47 Å². The van der Waals surface area contributed by atoms with Crippen molar-refractivity contribution in [3.05, 3.63) is 12.2 Å². The van der Waals surface area contributed by atoms with Crippen molar-refractivity contribution in [3.63, 3.8) is 0 Å². The van der Waals surface area contributed by atoms with Crippen LogP contribution in [0.3, 0.4) is 0 Å². The third-order valence-electron chi connectivity index (χ3n) is 23.8. The second kappa shape index (κ2) is 30.2. The van der Waals surface area contributed by atoms with Crippen molar-refractivity contribution in [1.82, 2.24) is 15.1 Å². The van der Waals surface area contributed by atoms with E-state index >= 15 is 0 Å². The molecule has 3 N–H and O–H groups in total. The summed E-state index contributed by atoms with van der Waals surface area (Å²) < 4.78 is 18.0. The van der Waals surface area contributed by atoms with Crippen LogP contribution in [0.1, 0.15) is 156 Å². The molecule has 85 heavy (non-hydrogen) atoms. The Bertz CT molecular complexity index is 2280. The molecule has 0 radical (unpaired) electrons. The van der Waals surface area contributed by atoms with Crippen LogP contribution in [0.15, 0.2) is 12.2 Å². The summed E-state index contributed by atoms with van der Waals surface area (Å²) in [6.45, 7) is 5.60. The molecule has 3 aliphatic heterocycles. The first-order valence-corrected chi connectivity index (χ1v) is 32.5. The van der Waals surface area contributed by atoms with E-state index in [0.29, 0.717) is 68.0 Å². The molecule has 15 aliphatic rings. The molecular formula is C62H94Cl5K2N3O13. The van der Waals surface area contributed by atoms with E-state index < -0.39 is 21.6 Å². The maximum Gasteiger partial charge on any atom is 1.00 e. The van der Waals surface area contributed by atoms with Gasteiger partial charge >= 0.3 is 133 Å². The molecule has 0 aromatic heterocycles. The van der Waals surface area contributed by atoms with Gasteiger partial charge in [-0.05, 0) is 247 Å². The first-order chi connectivity index (χ1) is 38.9. The Morgan fingerprint density at radius 2 is 0.859 bits per heavy atom. The SMILES string of the molecule is C=C1C(=O)O[C@@H]2[C@@H]3[C@@H](CCC34CC4)C3(CC[C@@H]12)CC3.CN(C)CC1C(=O)O[C@@H]2[C@@H]3[C@@H](CCC34CC4)C3(CC[C@@H]12)CC3.CN(C)CC1C(=O)O[C@@H]2[C@@H]3[C@@H](CCC34CC4)C3(CC[C@@H]12)CC3.CNC.Cl.O=C(O)C(Cl)Cl.O=C(O)C(Cl)Cl.O=CO[O-].[H-].[K+].[K+]. The molecule has 2 unspecified atom stereocenters. The van der Waals surface area contributed by atoms with Crippen LogP contribution in [0.5, 0.6) is 0 Å². The van der Waals surface area contributed by atoms with Crippen molar-refractivity contribution in [3.8, 4) is 0 Å². The second-order valence-electron chi connectivity index (χ2n) is 28.6. The number of hydrogen-bond donors (Lipinski definition) is 3. The normalized spacial score (nSPS) is 36.5. The number of rotatable bonds is 7. The van der Waals surface area contributed by atoms with E-state index in [9.17, 15) is 24.0 Å². The number of hydrogen-bond acceptors (Lipinski definition) is 14. The standard InChI is InChI=1S/2C19H29NO2.C17H22O2.2C2H2Cl2O2.C2H7N.CH2O3.ClH.2K.H/c2*1-20(2)11-13-12-3-5-18(7-8-18)14-4-6-19(9-10-19)15(14)16(12)22-17(13)21;1-10-11-2-4-16(6-7-16)12-3-5-17(8-9-17)13(12)14(11)19-15(10)18;2*3-1(4)2(5)6;1-3-2;2-1-4-3;;;;/h2*12-16H,3-11H2,1-2H3;11-14H,1-9H2;2*1H,(H,5,6);3H,1-2H3;1,3H;1H;;;/q;;;;;;;;2*+1;-1/p-1/t2*12-,13?,14+,15-,16-;11-,12+,13-,14-;;;;;;;;/m000......../s1. The molecule has 0 aromatic carbocycles. The van der Waals surface area contributed by atoms with Crippen molar-refractivity contribution in [2.75, 3.05) is 55.4 Å². The van der Waals surface area contributed by atoms with Crippen LogP contribution in [-0.4, -0.2) is 140 Å². The summed E-state index contributed by atoms with van der Waals surface area (Å²) in [5.74, 6) is 3.98.